The highest BCUT2D eigenvalue weighted by Crippen LogP contribution is 2.09. The molecule has 2 rings (SSSR count). The van der Waals surface area contributed by atoms with Gasteiger partial charge in [-0.15, -0.1) is 0 Å². The Bertz CT molecular complexity index is 456. The summed E-state index contributed by atoms with van der Waals surface area (Å²) in [5.41, 5.74) is 2.58. The molecule has 6 nitrogen and oxygen atoms in total. The summed E-state index contributed by atoms with van der Waals surface area (Å²) in [5.74, 6) is -1.61. The van der Waals surface area contributed by atoms with E-state index in [2.05, 4.69) is 10.4 Å². The Morgan fingerprint density at radius 1 is 1.28 bits per heavy atom. The van der Waals surface area contributed by atoms with Crippen LogP contribution in [-0.2, 0) is 0 Å². The Morgan fingerprint density at radius 3 is 2.67 bits per heavy atom. The molecule has 1 fully saturated rings. The van der Waals surface area contributed by atoms with Crippen molar-refractivity contribution in [1.82, 2.24) is 15.4 Å². The summed E-state index contributed by atoms with van der Waals surface area (Å²) < 4.78 is 0. The lowest BCUT2D eigenvalue weighted by atomic mass is 10.1. The average molecular weight is 249 g/mol. The minimum Gasteiger partial charge on any atom is -0.478 e. The fourth-order valence-corrected chi connectivity index (χ4v) is 1.96. The summed E-state index contributed by atoms with van der Waals surface area (Å²) in [6.45, 7) is 1.59. The van der Waals surface area contributed by atoms with Gasteiger partial charge in [0.2, 0.25) is 0 Å². The third-order valence-electron chi connectivity index (χ3n) is 2.87. The van der Waals surface area contributed by atoms with Crippen molar-refractivity contribution in [3.05, 3.63) is 29.6 Å². The van der Waals surface area contributed by atoms with Crippen LogP contribution >= 0.6 is 0 Å². The number of hydrogen-bond donors (Lipinski definition) is 2. The van der Waals surface area contributed by atoms with Gasteiger partial charge in [-0.2, -0.15) is 0 Å². The topological polar surface area (TPSA) is 82.5 Å². The Hall–Kier alpha value is -1.95. The van der Waals surface area contributed by atoms with E-state index in [1.807, 2.05) is 5.01 Å². The molecule has 0 radical (unpaired) electrons. The van der Waals surface area contributed by atoms with Crippen LogP contribution in [0.3, 0.4) is 0 Å². The minimum absolute atomic E-state index is 0.0458. The van der Waals surface area contributed by atoms with Gasteiger partial charge < -0.3 is 5.11 Å². The first-order valence-electron chi connectivity index (χ1n) is 5.93. The summed E-state index contributed by atoms with van der Waals surface area (Å²) in [4.78, 5) is 26.8. The molecule has 1 aromatic rings. The molecule has 0 unspecified atom stereocenters. The van der Waals surface area contributed by atoms with E-state index < -0.39 is 11.9 Å². The van der Waals surface area contributed by atoms with Crippen LogP contribution in [0.4, 0.5) is 0 Å². The number of carbonyl (C=O) groups excluding carboxylic acids is 1. The molecule has 0 saturated carbocycles. The third kappa shape index (κ3) is 2.84. The van der Waals surface area contributed by atoms with Crippen LogP contribution in [0.25, 0.3) is 0 Å². The maximum atomic E-state index is 12.0. The Balaban J connectivity index is 2.10. The highest BCUT2D eigenvalue weighted by molar-refractivity contribution is 6.03. The van der Waals surface area contributed by atoms with Gasteiger partial charge in [0.1, 0.15) is 5.69 Å². The predicted molar refractivity (Wildman–Crippen MR) is 64.1 cm³/mol. The van der Waals surface area contributed by atoms with E-state index in [4.69, 9.17) is 5.11 Å². The molecule has 0 spiro atoms. The number of nitrogens with one attached hydrogen (secondary N) is 1. The van der Waals surface area contributed by atoms with Crippen LogP contribution in [-0.4, -0.2) is 40.1 Å². The van der Waals surface area contributed by atoms with Crippen LogP contribution < -0.4 is 5.43 Å². The smallest absolute Gasteiger partial charge is 0.338 e. The minimum atomic E-state index is -1.15. The summed E-state index contributed by atoms with van der Waals surface area (Å²) in [7, 11) is 0. The van der Waals surface area contributed by atoms with Gasteiger partial charge >= 0.3 is 5.97 Å². The second-order valence-corrected chi connectivity index (χ2v) is 4.19. The van der Waals surface area contributed by atoms with Gasteiger partial charge in [0.25, 0.3) is 5.91 Å². The normalized spacial score (nSPS) is 16.2. The van der Waals surface area contributed by atoms with E-state index in [0.717, 1.165) is 32.4 Å². The maximum absolute atomic E-state index is 12.0. The first-order valence-corrected chi connectivity index (χ1v) is 5.93. The SMILES string of the molecule is O=C(O)c1cccnc1C(=O)NN1CCCCC1. The molecular weight excluding hydrogens is 234 g/mol. The van der Waals surface area contributed by atoms with Crippen molar-refractivity contribution in [2.24, 2.45) is 0 Å². The lowest BCUT2D eigenvalue weighted by molar-refractivity contribution is 0.0672. The Morgan fingerprint density at radius 2 is 2.00 bits per heavy atom. The Kier molecular flexibility index (Phi) is 3.88. The molecule has 2 heterocycles. The van der Waals surface area contributed by atoms with Gasteiger partial charge in [0, 0.05) is 19.3 Å². The van der Waals surface area contributed by atoms with Crippen molar-refractivity contribution in [1.29, 1.82) is 0 Å². The number of nitrogens with zero attached hydrogens (tertiary/aromatic N) is 2. The molecule has 0 bridgehead atoms. The van der Waals surface area contributed by atoms with Crippen LogP contribution in [0.2, 0.25) is 0 Å². The van der Waals surface area contributed by atoms with E-state index in [0.29, 0.717) is 0 Å². The first-order chi connectivity index (χ1) is 8.68. The summed E-state index contributed by atoms with van der Waals surface area (Å²) in [6.07, 6.45) is 4.65. The highest BCUT2D eigenvalue weighted by Gasteiger charge is 2.20. The summed E-state index contributed by atoms with van der Waals surface area (Å²) in [6, 6.07) is 2.88. The molecule has 1 aliphatic heterocycles. The van der Waals surface area contributed by atoms with Crippen molar-refractivity contribution in [3.8, 4) is 0 Å². The van der Waals surface area contributed by atoms with Crippen LogP contribution in [0, 0.1) is 0 Å². The van der Waals surface area contributed by atoms with Crippen LogP contribution in [0.15, 0.2) is 18.3 Å². The molecule has 1 aromatic heterocycles. The molecule has 1 saturated heterocycles. The van der Waals surface area contributed by atoms with Crippen molar-refractivity contribution in [2.75, 3.05) is 13.1 Å². The zero-order valence-electron chi connectivity index (χ0n) is 9.93. The summed E-state index contributed by atoms with van der Waals surface area (Å²) >= 11 is 0. The second-order valence-electron chi connectivity index (χ2n) is 4.19. The molecule has 6 heteroatoms. The maximum Gasteiger partial charge on any atom is 0.338 e. The number of carboxylic acids is 1. The molecule has 1 aliphatic rings. The van der Waals surface area contributed by atoms with E-state index in [1.165, 1.54) is 18.3 Å². The summed E-state index contributed by atoms with van der Waals surface area (Å²) in [5, 5.41) is 10.8. The standard InChI is InChI=1S/C12H15N3O3/c16-11(14-15-7-2-1-3-8-15)10-9(12(17)18)5-4-6-13-10/h4-6H,1-3,7-8H2,(H,14,16)(H,17,18). The van der Waals surface area contributed by atoms with Gasteiger partial charge in [-0.1, -0.05) is 6.42 Å². The van der Waals surface area contributed by atoms with E-state index >= 15 is 0 Å². The van der Waals surface area contributed by atoms with Crippen molar-refractivity contribution in [3.63, 3.8) is 0 Å². The van der Waals surface area contributed by atoms with Gasteiger partial charge in [-0.25, -0.2) is 9.80 Å². The molecule has 0 aromatic carbocycles. The lowest BCUT2D eigenvalue weighted by Gasteiger charge is -2.26. The van der Waals surface area contributed by atoms with Gasteiger partial charge in [0.15, 0.2) is 0 Å². The van der Waals surface area contributed by atoms with Crippen molar-refractivity contribution >= 4 is 11.9 Å². The molecule has 2 N–H and O–H groups in total. The number of rotatable bonds is 3. The lowest BCUT2D eigenvalue weighted by Crippen LogP contribution is -2.45. The van der Waals surface area contributed by atoms with Crippen molar-refractivity contribution in [2.45, 2.75) is 19.3 Å². The number of amides is 1. The number of pyridine rings is 1. The largest absolute Gasteiger partial charge is 0.478 e. The van der Waals surface area contributed by atoms with Crippen LogP contribution in [0.1, 0.15) is 40.1 Å². The predicted octanol–water partition coefficient (Wildman–Crippen LogP) is 0.910. The average Bonchev–Trinajstić information content (AvgIpc) is 2.40. The number of piperidine rings is 1. The molecule has 1 amide bonds. The number of aromatic carboxylic acids is 1. The molecule has 0 aliphatic carbocycles. The van der Waals surface area contributed by atoms with Gasteiger partial charge in [0.05, 0.1) is 5.56 Å². The monoisotopic (exact) mass is 249 g/mol. The fraction of sp³-hybridized carbons (Fsp3) is 0.417. The zero-order valence-corrected chi connectivity index (χ0v) is 9.93. The first kappa shape index (κ1) is 12.5. The van der Waals surface area contributed by atoms with Gasteiger partial charge in [-0.3, -0.25) is 15.2 Å². The fourth-order valence-electron chi connectivity index (χ4n) is 1.96. The molecule has 0 atom stereocenters. The van der Waals surface area contributed by atoms with E-state index in [1.54, 1.807) is 0 Å². The van der Waals surface area contributed by atoms with Crippen LogP contribution in [0.5, 0.6) is 0 Å². The highest BCUT2D eigenvalue weighted by atomic mass is 16.4. The Labute approximate surface area is 105 Å². The molecule has 96 valence electrons. The molecular formula is C12H15N3O3. The number of carbonyl (C=O) groups is 2. The third-order valence-corrected chi connectivity index (χ3v) is 2.87. The van der Waals surface area contributed by atoms with Gasteiger partial charge in [-0.05, 0) is 25.0 Å². The number of aromatic nitrogens is 1. The number of hydrazine groups is 1. The number of carboxylic acid groups (broad SMARTS) is 1. The number of hydrogen-bond acceptors (Lipinski definition) is 4. The quantitative estimate of drug-likeness (QED) is 0.832. The zero-order chi connectivity index (χ0) is 13.0. The van der Waals surface area contributed by atoms with E-state index in [9.17, 15) is 9.59 Å². The second kappa shape index (κ2) is 5.59. The van der Waals surface area contributed by atoms with E-state index in [-0.39, 0.29) is 11.3 Å². The van der Waals surface area contributed by atoms with Crippen molar-refractivity contribution < 1.29 is 14.7 Å². The molecule has 18 heavy (non-hydrogen) atoms.